The van der Waals surface area contributed by atoms with Crippen LogP contribution in [-0.2, 0) is 6.42 Å². The van der Waals surface area contributed by atoms with Crippen LogP contribution in [0.4, 0.5) is 11.6 Å². The van der Waals surface area contributed by atoms with E-state index in [0.29, 0.717) is 11.5 Å². The second kappa shape index (κ2) is 11.1. The fourth-order valence-electron chi connectivity index (χ4n) is 3.94. The molecule has 1 unspecified atom stereocenters. The van der Waals surface area contributed by atoms with Crippen LogP contribution in [-0.4, -0.2) is 63.5 Å². The average molecular weight is 489 g/mol. The molecule has 8 N–H and O–H groups in total. The maximum Gasteiger partial charge on any atom is 0.335 e. The number of benzene rings is 1. The molecule has 1 amide bonds. The Kier molecular flexibility index (Phi) is 8.24. The highest BCUT2D eigenvalue weighted by atomic mass is 35.5. The Morgan fingerprint density at radius 3 is 2.47 bits per heavy atom. The molecule has 0 radical (unpaired) electrons. The molecule has 12 heteroatoms. The van der Waals surface area contributed by atoms with E-state index in [1.165, 1.54) is 0 Å². The zero-order valence-corrected chi connectivity index (χ0v) is 19.6. The number of rotatable bonds is 7. The zero-order chi connectivity index (χ0) is 24.8. The number of nitrogens with two attached hydrogens (primary N) is 3. The topological polar surface area (TPSA) is 186 Å². The Hall–Kier alpha value is -3.44. The summed E-state index contributed by atoms with van der Waals surface area (Å²) >= 11 is 5.81. The summed E-state index contributed by atoms with van der Waals surface area (Å²) in [6.45, 7) is 4.84. The number of aliphatic imine (C=N–C) groups is 1. The van der Waals surface area contributed by atoms with Gasteiger partial charge in [-0.2, -0.15) is 0 Å². The summed E-state index contributed by atoms with van der Waals surface area (Å²) in [4.78, 5) is 37.8. The van der Waals surface area contributed by atoms with Gasteiger partial charge in [-0.15, -0.1) is 0 Å². The van der Waals surface area contributed by atoms with Gasteiger partial charge in [0.05, 0.1) is 11.6 Å². The van der Waals surface area contributed by atoms with Gasteiger partial charge in [-0.1, -0.05) is 30.7 Å². The minimum atomic E-state index is -0.919. The Morgan fingerprint density at radius 2 is 1.85 bits per heavy atom. The number of halogens is 1. The van der Waals surface area contributed by atoms with Crippen molar-refractivity contribution in [3.05, 3.63) is 46.2 Å². The number of carboxylic acids is 1. The molecule has 3 rings (SSSR count). The fourth-order valence-corrected chi connectivity index (χ4v) is 4.06. The molecule has 1 aromatic heterocycles. The lowest BCUT2D eigenvalue weighted by Gasteiger charge is -2.32. The second-order valence-electron chi connectivity index (χ2n) is 8.45. The average Bonchev–Trinajstić information content (AvgIpc) is 2.77. The number of carbonyl (C=O) groups is 2. The molecule has 2 heterocycles. The largest absolute Gasteiger partial charge is 0.478 e. The third kappa shape index (κ3) is 6.78. The number of carboxylic acid groups (broad SMARTS) is 1. The Bertz CT molecular complexity index is 1070. The first-order valence-corrected chi connectivity index (χ1v) is 11.3. The number of amides is 1. The van der Waals surface area contributed by atoms with E-state index in [1.54, 1.807) is 12.1 Å². The minimum absolute atomic E-state index is 0.00569. The molecule has 11 nitrogen and oxygen atoms in total. The fraction of sp³-hybridized carbons (Fsp3) is 0.409. The molecule has 0 bridgehead atoms. The van der Waals surface area contributed by atoms with E-state index in [4.69, 9.17) is 33.9 Å². The van der Waals surface area contributed by atoms with Crippen molar-refractivity contribution in [2.75, 3.05) is 31.1 Å². The third-order valence-electron chi connectivity index (χ3n) is 5.60. The minimum Gasteiger partial charge on any atom is -0.478 e. The highest BCUT2D eigenvalue weighted by molar-refractivity contribution is 6.31. The normalized spacial score (nSPS) is 16.2. The highest BCUT2D eigenvalue weighted by Crippen LogP contribution is 2.19. The van der Waals surface area contributed by atoms with E-state index in [9.17, 15) is 9.59 Å². The Balaban J connectivity index is 1.46. The number of guanidine groups is 1. The van der Waals surface area contributed by atoms with Crippen molar-refractivity contribution in [3.63, 3.8) is 0 Å². The summed E-state index contributed by atoms with van der Waals surface area (Å²) in [5, 5.41) is 11.4. The van der Waals surface area contributed by atoms with Gasteiger partial charge in [0.2, 0.25) is 0 Å². The summed E-state index contributed by atoms with van der Waals surface area (Å²) in [7, 11) is 0. The summed E-state index contributed by atoms with van der Waals surface area (Å²) in [5.74, 6) is -1.38. The van der Waals surface area contributed by atoms with E-state index >= 15 is 0 Å². The van der Waals surface area contributed by atoms with E-state index in [0.717, 1.165) is 44.5 Å². The number of likely N-dealkylation sites (tertiary alicyclic amines) is 1. The number of carbonyl (C=O) groups excluding carboxylic acids is 1. The van der Waals surface area contributed by atoms with Gasteiger partial charge < -0.3 is 27.2 Å². The molecule has 1 fully saturated rings. The van der Waals surface area contributed by atoms with E-state index in [-0.39, 0.29) is 34.5 Å². The van der Waals surface area contributed by atoms with Gasteiger partial charge in [0.25, 0.3) is 5.91 Å². The summed E-state index contributed by atoms with van der Waals surface area (Å²) in [6, 6.07) is 7.01. The summed E-state index contributed by atoms with van der Waals surface area (Å²) in [5.41, 5.74) is 18.4. The maximum atomic E-state index is 12.4. The smallest absolute Gasteiger partial charge is 0.335 e. The molecule has 34 heavy (non-hydrogen) atoms. The second-order valence-corrected chi connectivity index (χ2v) is 8.80. The van der Waals surface area contributed by atoms with Crippen LogP contribution in [0.2, 0.25) is 5.15 Å². The van der Waals surface area contributed by atoms with Crippen molar-refractivity contribution in [1.29, 1.82) is 0 Å². The number of aromatic nitrogens is 2. The Morgan fingerprint density at radius 1 is 1.21 bits per heavy atom. The van der Waals surface area contributed by atoms with Crippen molar-refractivity contribution in [3.8, 4) is 0 Å². The van der Waals surface area contributed by atoms with Gasteiger partial charge in [0.15, 0.2) is 28.4 Å². The van der Waals surface area contributed by atoms with Crippen LogP contribution < -0.4 is 22.5 Å². The van der Waals surface area contributed by atoms with Crippen LogP contribution in [0.3, 0.4) is 0 Å². The zero-order valence-electron chi connectivity index (χ0n) is 18.9. The molecule has 1 saturated heterocycles. The van der Waals surface area contributed by atoms with Gasteiger partial charge in [0.1, 0.15) is 0 Å². The van der Waals surface area contributed by atoms with Crippen LogP contribution in [0.25, 0.3) is 0 Å². The van der Waals surface area contributed by atoms with Crippen LogP contribution in [0, 0.1) is 5.92 Å². The van der Waals surface area contributed by atoms with E-state index in [1.807, 2.05) is 12.1 Å². The molecular weight excluding hydrogens is 460 g/mol. The number of anilines is 2. The molecule has 1 aliphatic rings. The van der Waals surface area contributed by atoms with Crippen LogP contribution in [0.1, 0.15) is 46.2 Å². The lowest BCUT2D eigenvalue weighted by molar-refractivity contribution is 0.0696. The van der Waals surface area contributed by atoms with Crippen LogP contribution in [0.5, 0.6) is 0 Å². The monoisotopic (exact) mass is 488 g/mol. The number of piperidine rings is 1. The van der Waals surface area contributed by atoms with Gasteiger partial charge in [-0.05, 0) is 42.9 Å². The van der Waals surface area contributed by atoms with Gasteiger partial charge in [-0.25, -0.2) is 19.8 Å². The molecule has 1 atom stereocenters. The number of nitrogen functional groups attached to an aromatic ring is 2. The van der Waals surface area contributed by atoms with Crippen molar-refractivity contribution in [1.82, 2.24) is 20.2 Å². The third-order valence-corrected chi connectivity index (χ3v) is 5.87. The Labute approximate surface area is 202 Å². The molecule has 0 aliphatic carbocycles. The standard InChI is InChI=1S/C22H29ClN8O3/c1-12(10-13-2-4-14(5-3-13)21(33)34)11-31-8-6-15(7-9-31)27-22(26)30-20(32)16-18(24)29-19(25)17(23)28-16/h2-5,12,15H,6-11H2,1H3,(H,33,34)(H4,24,25,29)(H3,26,27,30,32). The SMILES string of the molecule is CC(Cc1ccc(C(=O)O)cc1)CN1CCC(N=C(N)NC(=O)c2nc(Cl)c(N)nc2N)CC1. The lowest BCUT2D eigenvalue weighted by atomic mass is 9.98. The van der Waals surface area contributed by atoms with Crippen molar-refractivity contribution < 1.29 is 14.7 Å². The van der Waals surface area contributed by atoms with Gasteiger partial charge in [-0.3, -0.25) is 10.1 Å². The molecule has 182 valence electrons. The predicted molar refractivity (Wildman–Crippen MR) is 131 cm³/mol. The van der Waals surface area contributed by atoms with Crippen LogP contribution in [0.15, 0.2) is 29.3 Å². The van der Waals surface area contributed by atoms with Gasteiger partial charge in [0, 0.05) is 19.6 Å². The summed E-state index contributed by atoms with van der Waals surface area (Å²) < 4.78 is 0. The van der Waals surface area contributed by atoms with Crippen LogP contribution >= 0.6 is 11.6 Å². The molecule has 1 aliphatic heterocycles. The highest BCUT2D eigenvalue weighted by Gasteiger charge is 2.22. The van der Waals surface area contributed by atoms with Crippen molar-refractivity contribution >= 4 is 41.1 Å². The first kappa shape index (κ1) is 25.2. The maximum absolute atomic E-state index is 12.4. The summed E-state index contributed by atoms with van der Waals surface area (Å²) in [6.07, 6.45) is 2.50. The molecule has 0 saturated carbocycles. The first-order chi connectivity index (χ1) is 16.1. The quantitative estimate of drug-likeness (QED) is 0.283. The van der Waals surface area contributed by atoms with E-state index in [2.05, 4.69) is 32.1 Å². The van der Waals surface area contributed by atoms with E-state index < -0.39 is 11.9 Å². The first-order valence-electron chi connectivity index (χ1n) is 10.9. The molecule has 0 spiro atoms. The number of hydrogen-bond donors (Lipinski definition) is 5. The van der Waals surface area contributed by atoms with Crippen molar-refractivity contribution in [2.24, 2.45) is 16.6 Å². The predicted octanol–water partition coefficient (Wildman–Crippen LogP) is 1.38. The number of hydrogen-bond acceptors (Lipinski definition) is 8. The van der Waals surface area contributed by atoms with Crippen molar-refractivity contribution in [2.45, 2.75) is 32.2 Å². The number of nitrogens with one attached hydrogen (secondary N) is 1. The number of nitrogens with zero attached hydrogens (tertiary/aromatic N) is 4. The lowest BCUT2D eigenvalue weighted by Crippen LogP contribution is -2.42. The molecule has 2 aromatic rings. The number of aromatic carboxylic acids is 1. The molecule has 1 aromatic carbocycles. The molecular formula is C22H29ClN8O3. The van der Waals surface area contributed by atoms with Gasteiger partial charge >= 0.3 is 5.97 Å².